The number of ether oxygens (including phenoxy) is 1. The highest BCUT2D eigenvalue weighted by Gasteiger charge is 2.23. The van der Waals surface area contributed by atoms with Gasteiger partial charge in [-0.25, -0.2) is 4.39 Å². The van der Waals surface area contributed by atoms with Gasteiger partial charge in [0.15, 0.2) is 5.82 Å². The molecule has 0 saturated carbocycles. The number of nitrogens with zero attached hydrogens (tertiary/aromatic N) is 1. The summed E-state index contributed by atoms with van der Waals surface area (Å²) in [4.78, 5) is 0. The molecule has 3 rings (SSSR count). The molecule has 2 aromatic rings. The lowest BCUT2D eigenvalue weighted by Crippen LogP contribution is -2.16. The predicted molar refractivity (Wildman–Crippen MR) is 71.2 cm³/mol. The molecule has 1 aromatic heterocycles. The minimum absolute atomic E-state index is 0.247. The average molecular weight is 261 g/mol. The summed E-state index contributed by atoms with van der Waals surface area (Å²) in [5.74, 6) is 0.381. The Labute approximate surface area is 110 Å². The number of benzene rings is 1. The van der Waals surface area contributed by atoms with Crippen molar-refractivity contribution < 1.29 is 9.13 Å². The third-order valence-electron chi connectivity index (χ3n) is 3.50. The van der Waals surface area contributed by atoms with Crippen LogP contribution in [0, 0.1) is 5.82 Å². The summed E-state index contributed by atoms with van der Waals surface area (Å²) in [5.41, 5.74) is 8.43. The van der Waals surface area contributed by atoms with Gasteiger partial charge in [-0.2, -0.15) is 5.10 Å². The molecular weight excluding hydrogens is 245 g/mol. The molecule has 3 N–H and O–H groups in total. The van der Waals surface area contributed by atoms with E-state index in [2.05, 4.69) is 10.2 Å². The lowest BCUT2D eigenvalue weighted by Gasteiger charge is -2.22. The number of hydrogen-bond donors (Lipinski definition) is 2. The summed E-state index contributed by atoms with van der Waals surface area (Å²) < 4.78 is 18.9. The van der Waals surface area contributed by atoms with Crippen LogP contribution in [0.25, 0.3) is 11.1 Å². The highest BCUT2D eigenvalue weighted by molar-refractivity contribution is 5.76. The third kappa shape index (κ3) is 2.33. The van der Waals surface area contributed by atoms with Crippen LogP contribution in [0.3, 0.4) is 0 Å². The topological polar surface area (TPSA) is 63.9 Å². The van der Waals surface area contributed by atoms with Crippen molar-refractivity contribution >= 4 is 5.82 Å². The molecule has 100 valence electrons. The summed E-state index contributed by atoms with van der Waals surface area (Å²) >= 11 is 0. The van der Waals surface area contributed by atoms with Crippen LogP contribution in [0.2, 0.25) is 0 Å². The van der Waals surface area contributed by atoms with Crippen molar-refractivity contribution in [2.24, 2.45) is 0 Å². The maximum absolute atomic E-state index is 13.4. The van der Waals surface area contributed by atoms with Gasteiger partial charge in [-0.15, -0.1) is 0 Å². The maximum Gasteiger partial charge on any atom is 0.153 e. The van der Waals surface area contributed by atoms with Crippen LogP contribution in [-0.4, -0.2) is 23.4 Å². The normalized spacial score (nSPS) is 19.5. The van der Waals surface area contributed by atoms with Crippen molar-refractivity contribution in [3.8, 4) is 11.1 Å². The summed E-state index contributed by atoms with van der Waals surface area (Å²) in [6.45, 7) is 1.46. The van der Waals surface area contributed by atoms with Crippen LogP contribution in [0.15, 0.2) is 24.3 Å². The van der Waals surface area contributed by atoms with Crippen LogP contribution in [0.5, 0.6) is 0 Å². The van der Waals surface area contributed by atoms with E-state index in [9.17, 15) is 4.39 Å². The number of aromatic nitrogens is 2. The molecule has 1 fully saturated rings. The SMILES string of the molecule is Nc1n[nH]c(C2CCCOC2)c1-c1cccc(F)c1. The van der Waals surface area contributed by atoms with Gasteiger partial charge in [0.05, 0.1) is 12.3 Å². The van der Waals surface area contributed by atoms with E-state index >= 15 is 0 Å². The van der Waals surface area contributed by atoms with Crippen molar-refractivity contribution in [1.29, 1.82) is 0 Å². The van der Waals surface area contributed by atoms with Gasteiger partial charge in [-0.05, 0) is 30.5 Å². The second-order valence-electron chi connectivity index (χ2n) is 4.82. The molecule has 19 heavy (non-hydrogen) atoms. The lowest BCUT2D eigenvalue weighted by atomic mass is 9.92. The summed E-state index contributed by atoms with van der Waals surface area (Å²) in [7, 11) is 0. The summed E-state index contributed by atoms with van der Waals surface area (Å²) in [6, 6.07) is 6.42. The molecule has 1 aliphatic heterocycles. The fourth-order valence-corrected chi connectivity index (χ4v) is 2.58. The lowest BCUT2D eigenvalue weighted by molar-refractivity contribution is 0.0794. The summed E-state index contributed by atoms with van der Waals surface area (Å²) in [6.07, 6.45) is 2.05. The number of anilines is 1. The molecule has 1 aliphatic rings. The Kier molecular flexibility index (Phi) is 3.21. The first-order valence-corrected chi connectivity index (χ1v) is 6.43. The van der Waals surface area contributed by atoms with E-state index in [1.807, 2.05) is 6.07 Å². The Morgan fingerprint density at radius 1 is 1.42 bits per heavy atom. The Balaban J connectivity index is 2.03. The van der Waals surface area contributed by atoms with Crippen LogP contribution >= 0.6 is 0 Å². The van der Waals surface area contributed by atoms with Gasteiger partial charge in [0.2, 0.25) is 0 Å². The fraction of sp³-hybridized carbons (Fsp3) is 0.357. The van der Waals surface area contributed by atoms with Gasteiger partial charge in [-0.1, -0.05) is 12.1 Å². The molecule has 0 amide bonds. The Morgan fingerprint density at radius 2 is 2.32 bits per heavy atom. The number of H-pyrrole nitrogens is 1. The smallest absolute Gasteiger partial charge is 0.153 e. The van der Waals surface area contributed by atoms with Gasteiger partial charge in [-0.3, -0.25) is 5.10 Å². The highest BCUT2D eigenvalue weighted by Crippen LogP contribution is 2.35. The van der Waals surface area contributed by atoms with E-state index in [0.717, 1.165) is 36.3 Å². The van der Waals surface area contributed by atoms with Crippen LogP contribution in [-0.2, 0) is 4.74 Å². The van der Waals surface area contributed by atoms with Crippen molar-refractivity contribution in [2.45, 2.75) is 18.8 Å². The quantitative estimate of drug-likeness (QED) is 0.873. The summed E-state index contributed by atoms with van der Waals surface area (Å²) in [5, 5.41) is 7.06. The van der Waals surface area contributed by atoms with Gasteiger partial charge in [0.25, 0.3) is 0 Å². The first-order valence-electron chi connectivity index (χ1n) is 6.43. The van der Waals surface area contributed by atoms with E-state index in [1.165, 1.54) is 12.1 Å². The van der Waals surface area contributed by atoms with Gasteiger partial charge in [0.1, 0.15) is 5.82 Å². The Hall–Kier alpha value is -1.88. The molecule has 5 heteroatoms. The third-order valence-corrected chi connectivity index (χ3v) is 3.50. The first kappa shape index (κ1) is 12.2. The van der Waals surface area contributed by atoms with Gasteiger partial charge >= 0.3 is 0 Å². The molecule has 0 spiro atoms. The van der Waals surface area contributed by atoms with Crippen LogP contribution in [0.1, 0.15) is 24.5 Å². The van der Waals surface area contributed by atoms with Gasteiger partial charge in [0, 0.05) is 18.1 Å². The molecule has 0 bridgehead atoms. The van der Waals surface area contributed by atoms with E-state index in [0.29, 0.717) is 12.4 Å². The number of rotatable bonds is 2. The van der Waals surface area contributed by atoms with Crippen LogP contribution in [0.4, 0.5) is 10.2 Å². The zero-order valence-electron chi connectivity index (χ0n) is 10.5. The van der Waals surface area contributed by atoms with E-state index in [-0.39, 0.29) is 11.7 Å². The fourth-order valence-electron chi connectivity index (χ4n) is 2.58. The van der Waals surface area contributed by atoms with E-state index < -0.39 is 0 Å². The molecular formula is C14H16FN3O. The zero-order chi connectivity index (χ0) is 13.2. The molecule has 4 nitrogen and oxygen atoms in total. The largest absolute Gasteiger partial charge is 0.382 e. The molecule has 1 aromatic carbocycles. The molecule has 0 radical (unpaired) electrons. The number of hydrogen-bond acceptors (Lipinski definition) is 3. The molecule has 0 aliphatic carbocycles. The zero-order valence-corrected chi connectivity index (χ0v) is 10.5. The molecule has 1 atom stereocenters. The first-order chi connectivity index (χ1) is 9.25. The average Bonchev–Trinajstić information content (AvgIpc) is 2.82. The number of aromatic amines is 1. The standard InChI is InChI=1S/C14H16FN3O/c15-11-5-1-3-9(7-11)12-13(17-18-14(12)16)10-4-2-6-19-8-10/h1,3,5,7,10H,2,4,6,8H2,(H3,16,17,18). The number of nitrogens with one attached hydrogen (secondary N) is 1. The number of nitrogens with two attached hydrogens (primary N) is 1. The van der Waals surface area contributed by atoms with Crippen LogP contribution < -0.4 is 5.73 Å². The molecule has 2 heterocycles. The molecule has 1 unspecified atom stereocenters. The van der Waals surface area contributed by atoms with E-state index in [1.54, 1.807) is 6.07 Å². The van der Waals surface area contributed by atoms with Crippen molar-refractivity contribution in [3.05, 3.63) is 35.8 Å². The second kappa shape index (κ2) is 5.01. The number of halogens is 1. The predicted octanol–water partition coefficient (Wildman–Crippen LogP) is 2.69. The Bertz CT molecular complexity index is 576. The highest BCUT2D eigenvalue weighted by atomic mass is 19.1. The monoisotopic (exact) mass is 261 g/mol. The number of nitrogen functional groups attached to an aromatic ring is 1. The maximum atomic E-state index is 13.4. The van der Waals surface area contributed by atoms with E-state index in [4.69, 9.17) is 10.5 Å². The van der Waals surface area contributed by atoms with Crippen molar-refractivity contribution in [3.63, 3.8) is 0 Å². The second-order valence-corrected chi connectivity index (χ2v) is 4.82. The van der Waals surface area contributed by atoms with Gasteiger partial charge < -0.3 is 10.5 Å². The minimum atomic E-state index is -0.274. The molecule has 1 saturated heterocycles. The minimum Gasteiger partial charge on any atom is -0.382 e. The van der Waals surface area contributed by atoms with Crippen molar-refractivity contribution in [2.75, 3.05) is 18.9 Å². The van der Waals surface area contributed by atoms with Crippen molar-refractivity contribution in [1.82, 2.24) is 10.2 Å². The Morgan fingerprint density at radius 3 is 3.05 bits per heavy atom.